The highest BCUT2D eigenvalue weighted by molar-refractivity contribution is 7.92. The lowest BCUT2D eigenvalue weighted by molar-refractivity contribution is 0.593. The van der Waals surface area contributed by atoms with Crippen molar-refractivity contribution in [2.24, 2.45) is 0 Å². The summed E-state index contributed by atoms with van der Waals surface area (Å²) in [7, 11) is -3.39. The van der Waals surface area contributed by atoms with E-state index in [9.17, 15) is 8.42 Å². The zero-order chi connectivity index (χ0) is 15.2. The molecule has 0 fully saturated rings. The molecule has 0 heterocycles. The van der Waals surface area contributed by atoms with Crippen LogP contribution in [0.4, 0.5) is 5.69 Å². The number of sulfonamides is 1. The van der Waals surface area contributed by atoms with Crippen molar-refractivity contribution in [1.29, 1.82) is 0 Å². The maximum atomic E-state index is 11.9. The molecule has 0 unspecified atom stereocenters. The second-order valence-electron chi connectivity index (χ2n) is 4.56. The van der Waals surface area contributed by atoms with Crippen molar-refractivity contribution in [3.05, 3.63) is 27.7 Å². The van der Waals surface area contributed by atoms with Crippen LogP contribution < -0.4 is 10.0 Å². The Balaban J connectivity index is 2.60. The summed E-state index contributed by atoms with van der Waals surface area (Å²) in [5.41, 5.74) is 1.14. The van der Waals surface area contributed by atoms with Crippen LogP contribution in [0.5, 0.6) is 0 Å². The molecule has 7 heteroatoms. The van der Waals surface area contributed by atoms with Gasteiger partial charge < -0.3 is 5.32 Å². The smallest absolute Gasteiger partial charge is 0.232 e. The van der Waals surface area contributed by atoms with Crippen molar-refractivity contribution < 1.29 is 8.42 Å². The van der Waals surface area contributed by atoms with Crippen LogP contribution in [-0.4, -0.2) is 27.3 Å². The van der Waals surface area contributed by atoms with E-state index in [1.807, 2.05) is 13.8 Å². The highest BCUT2D eigenvalue weighted by Gasteiger charge is 2.13. The van der Waals surface area contributed by atoms with Crippen LogP contribution >= 0.6 is 23.2 Å². The van der Waals surface area contributed by atoms with E-state index < -0.39 is 10.0 Å². The molecule has 0 spiro atoms. The molecule has 0 atom stereocenters. The van der Waals surface area contributed by atoms with Crippen molar-refractivity contribution in [2.75, 3.05) is 23.6 Å². The van der Waals surface area contributed by atoms with E-state index in [0.29, 0.717) is 22.2 Å². The van der Waals surface area contributed by atoms with Gasteiger partial charge in [-0.1, -0.05) is 30.1 Å². The standard InChI is InChI=1S/C13H20Cl2N2O2S/c1-3-16-6-4-5-7-20(18,19)17-13-9-11(14)10(2)8-12(13)15/h8-9,16-17H,3-7H2,1-2H3. The summed E-state index contributed by atoms with van der Waals surface area (Å²) in [6, 6.07) is 3.18. The van der Waals surface area contributed by atoms with Gasteiger partial charge in [-0.2, -0.15) is 0 Å². The van der Waals surface area contributed by atoms with E-state index in [1.165, 1.54) is 6.07 Å². The summed E-state index contributed by atoms with van der Waals surface area (Å²) in [5, 5.41) is 3.99. The lowest BCUT2D eigenvalue weighted by Crippen LogP contribution is -2.19. The molecule has 1 rings (SSSR count). The third-order valence-electron chi connectivity index (χ3n) is 2.78. The molecule has 0 aliphatic carbocycles. The average molecular weight is 339 g/mol. The van der Waals surface area contributed by atoms with Gasteiger partial charge >= 0.3 is 0 Å². The van der Waals surface area contributed by atoms with Crippen molar-refractivity contribution in [3.8, 4) is 0 Å². The quantitative estimate of drug-likeness (QED) is 0.714. The van der Waals surface area contributed by atoms with Crippen LogP contribution in [0.1, 0.15) is 25.3 Å². The first kappa shape index (κ1) is 17.6. The Morgan fingerprint density at radius 3 is 2.50 bits per heavy atom. The normalized spacial score (nSPS) is 11.6. The van der Waals surface area contributed by atoms with Crippen molar-refractivity contribution in [3.63, 3.8) is 0 Å². The van der Waals surface area contributed by atoms with Crippen LogP contribution in [0.3, 0.4) is 0 Å². The van der Waals surface area contributed by atoms with Gasteiger partial charge in [-0.3, -0.25) is 4.72 Å². The van der Waals surface area contributed by atoms with Gasteiger partial charge in [0.2, 0.25) is 10.0 Å². The van der Waals surface area contributed by atoms with E-state index in [-0.39, 0.29) is 5.75 Å². The molecule has 0 aromatic heterocycles. The van der Waals surface area contributed by atoms with Crippen LogP contribution in [0, 0.1) is 6.92 Å². The first-order valence-corrected chi connectivity index (χ1v) is 8.93. The minimum absolute atomic E-state index is 0.0697. The predicted molar refractivity (Wildman–Crippen MR) is 86.4 cm³/mol. The molecule has 0 radical (unpaired) electrons. The van der Waals surface area contributed by atoms with Crippen LogP contribution in [-0.2, 0) is 10.0 Å². The number of nitrogens with one attached hydrogen (secondary N) is 2. The minimum Gasteiger partial charge on any atom is -0.317 e. The Hall–Kier alpha value is -0.490. The van der Waals surface area contributed by atoms with Crippen LogP contribution in [0.2, 0.25) is 10.0 Å². The summed E-state index contributed by atoms with van der Waals surface area (Å²) in [6.45, 7) is 5.54. The van der Waals surface area contributed by atoms with Crippen molar-refractivity contribution >= 4 is 38.9 Å². The van der Waals surface area contributed by atoms with E-state index in [1.54, 1.807) is 6.07 Å². The fraction of sp³-hybridized carbons (Fsp3) is 0.538. The van der Waals surface area contributed by atoms with Gasteiger partial charge in [0.05, 0.1) is 16.5 Å². The Kier molecular flexibility index (Phi) is 7.09. The van der Waals surface area contributed by atoms with E-state index in [0.717, 1.165) is 25.1 Å². The molecule has 0 bridgehead atoms. The van der Waals surface area contributed by atoms with Gasteiger partial charge in [-0.25, -0.2) is 8.42 Å². The third kappa shape index (κ3) is 5.87. The average Bonchev–Trinajstić information content (AvgIpc) is 2.35. The number of benzene rings is 1. The zero-order valence-corrected chi connectivity index (χ0v) is 14.0. The molecule has 114 valence electrons. The Morgan fingerprint density at radius 2 is 1.85 bits per heavy atom. The molecule has 0 saturated heterocycles. The second-order valence-corrected chi connectivity index (χ2v) is 7.22. The first-order chi connectivity index (χ1) is 9.35. The van der Waals surface area contributed by atoms with Crippen LogP contribution in [0.15, 0.2) is 12.1 Å². The lowest BCUT2D eigenvalue weighted by atomic mass is 10.2. The van der Waals surface area contributed by atoms with E-state index in [2.05, 4.69) is 10.0 Å². The van der Waals surface area contributed by atoms with E-state index in [4.69, 9.17) is 23.2 Å². The lowest BCUT2D eigenvalue weighted by Gasteiger charge is -2.11. The highest BCUT2D eigenvalue weighted by Crippen LogP contribution is 2.29. The molecule has 0 saturated carbocycles. The Labute approximate surface area is 130 Å². The SMILES string of the molecule is CCNCCCCS(=O)(=O)Nc1cc(Cl)c(C)cc1Cl. The number of anilines is 1. The van der Waals surface area contributed by atoms with Gasteiger partial charge in [0, 0.05) is 5.02 Å². The summed E-state index contributed by atoms with van der Waals surface area (Å²) in [5.74, 6) is 0.0697. The zero-order valence-electron chi connectivity index (χ0n) is 11.7. The highest BCUT2D eigenvalue weighted by atomic mass is 35.5. The molecule has 0 amide bonds. The summed E-state index contributed by atoms with van der Waals surface area (Å²) >= 11 is 12.0. The molecule has 0 aliphatic heterocycles. The van der Waals surface area contributed by atoms with Gasteiger partial charge in [0.25, 0.3) is 0 Å². The fourth-order valence-corrected chi connectivity index (χ4v) is 3.34. The Bertz CT molecular complexity index is 548. The van der Waals surface area contributed by atoms with Gasteiger partial charge in [-0.15, -0.1) is 0 Å². The van der Waals surface area contributed by atoms with Crippen molar-refractivity contribution in [2.45, 2.75) is 26.7 Å². The summed E-state index contributed by atoms with van der Waals surface area (Å²) in [6.07, 6.45) is 1.41. The molecule has 1 aromatic carbocycles. The Morgan fingerprint density at radius 1 is 1.15 bits per heavy atom. The van der Waals surface area contributed by atoms with Gasteiger partial charge in [0.15, 0.2) is 0 Å². The first-order valence-electron chi connectivity index (χ1n) is 6.52. The fourth-order valence-electron chi connectivity index (χ4n) is 1.66. The summed E-state index contributed by atoms with van der Waals surface area (Å²) < 4.78 is 26.4. The third-order valence-corrected chi connectivity index (χ3v) is 4.86. The number of hydrogen-bond acceptors (Lipinski definition) is 3. The monoisotopic (exact) mass is 338 g/mol. The number of unbranched alkanes of at least 4 members (excludes halogenated alkanes) is 1. The predicted octanol–water partition coefficient (Wildman–Crippen LogP) is 3.43. The molecule has 2 N–H and O–H groups in total. The second kappa shape index (κ2) is 8.08. The molecule has 20 heavy (non-hydrogen) atoms. The molecule has 4 nitrogen and oxygen atoms in total. The van der Waals surface area contributed by atoms with Crippen LogP contribution in [0.25, 0.3) is 0 Å². The number of aryl methyl sites for hydroxylation is 1. The topological polar surface area (TPSA) is 58.2 Å². The number of halogens is 2. The maximum Gasteiger partial charge on any atom is 0.232 e. The molecular weight excluding hydrogens is 319 g/mol. The maximum absolute atomic E-state index is 11.9. The minimum atomic E-state index is -3.39. The van der Waals surface area contributed by atoms with Crippen molar-refractivity contribution in [1.82, 2.24) is 5.32 Å². The molecule has 1 aromatic rings. The number of hydrogen-bond donors (Lipinski definition) is 2. The largest absolute Gasteiger partial charge is 0.317 e. The number of rotatable bonds is 8. The molecular formula is C13H20Cl2N2O2S. The van der Waals surface area contributed by atoms with E-state index >= 15 is 0 Å². The van der Waals surface area contributed by atoms with Gasteiger partial charge in [-0.05, 0) is 50.6 Å². The molecule has 0 aliphatic rings. The summed E-state index contributed by atoms with van der Waals surface area (Å²) in [4.78, 5) is 0. The van der Waals surface area contributed by atoms with Gasteiger partial charge in [0.1, 0.15) is 0 Å².